The molecule has 2 fully saturated rings. The number of carbonyl (C=O) groups is 1. The first kappa shape index (κ1) is 11.9. The first-order valence-electron chi connectivity index (χ1n) is 6.36. The van der Waals surface area contributed by atoms with Crippen LogP contribution < -0.4 is 5.32 Å². The predicted octanol–water partition coefficient (Wildman–Crippen LogP) is 0.479. The quantitative estimate of drug-likeness (QED) is 0.708. The van der Waals surface area contributed by atoms with Crippen molar-refractivity contribution in [2.24, 2.45) is 11.8 Å². The van der Waals surface area contributed by atoms with Crippen molar-refractivity contribution < 1.29 is 9.53 Å². The van der Waals surface area contributed by atoms with Gasteiger partial charge >= 0.3 is 5.97 Å². The molecule has 0 aromatic carbocycles. The van der Waals surface area contributed by atoms with Crippen molar-refractivity contribution >= 4 is 5.97 Å². The third kappa shape index (κ3) is 2.23. The Labute approximate surface area is 97.3 Å². The maximum absolute atomic E-state index is 11.5. The van der Waals surface area contributed by atoms with Gasteiger partial charge in [0.05, 0.1) is 13.2 Å². The van der Waals surface area contributed by atoms with Crippen molar-refractivity contribution in [2.75, 3.05) is 32.8 Å². The molecule has 0 aromatic heterocycles. The number of ether oxygens (including phenoxy) is 1. The fraction of sp³-hybridized carbons (Fsp3) is 0.917. The van der Waals surface area contributed by atoms with Gasteiger partial charge in [-0.2, -0.15) is 0 Å². The summed E-state index contributed by atoms with van der Waals surface area (Å²) in [5.74, 6) is 1.40. The van der Waals surface area contributed by atoms with Crippen LogP contribution in [0.25, 0.3) is 0 Å². The van der Waals surface area contributed by atoms with E-state index in [1.807, 2.05) is 6.92 Å². The predicted molar refractivity (Wildman–Crippen MR) is 62.1 cm³/mol. The minimum absolute atomic E-state index is 0.0751. The van der Waals surface area contributed by atoms with E-state index >= 15 is 0 Å². The highest BCUT2D eigenvalue weighted by molar-refractivity contribution is 5.71. The zero-order valence-corrected chi connectivity index (χ0v) is 10.2. The van der Waals surface area contributed by atoms with Crippen LogP contribution >= 0.6 is 0 Å². The Balaban J connectivity index is 1.92. The Kier molecular flexibility index (Phi) is 3.82. The van der Waals surface area contributed by atoms with E-state index in [4.69, 9.17) is 4.74 Å². The second-order valence-electron chi connectivity index (χ2n) is 4.79. The van der Waals surface area contributed by atoms with Gasteiger partial charge in [0.1, 0.15) is 0 Å². The molecule has 2 saturated heterocycles. The Bertz CT molecular complexity index is 257. The zero-order chi connectivity index (χ0) is 11.5. The summed E-state index contributed by atoms with van der Waals surface area (Å²) in [6.07, 6.45) is 1.13. The number of nitrogens with zero attached hydrogens (tertiary/aromatic N) is 1. The van der Waals surface area contributed by atoms with Gasteiger partial charge in [-0.05, 0) is 38.3 Å². The molecule has 2 aliphatic heterocycles. The number of carbonyl (C=O) groups excluding carboxylic acids is 1. The van der Waals surface area contributed by atoms with Crippen LogP contribution in [0.3, 0.4) is 0 Å². The lowest BCUT2D eigenvalue weighted by Gasteiger charge is -2.25. The second-order valence-corrected chi connectivity index (χ2v) is 4.79. The molecule has 16 heavy (non-hydrogen) atoms. The normalized spacial score (nSPS) is 34.0. The topological polar surface area (TPSA) is 41.6 Å². The average molecular weight is 226 g/mol. The lowest BCUT2D eigenvalue weighted by molar-refractivity contribution is -0.144. The maximum Gasteiger partial charge on any atom is 0.320 e. The first-order valence-corrected chi connectivity index (χ1v) is 6.36. The van der Waals surface area contributed by atoms with Gasteiger partial charge in [0.25, 0.3) is 0 Å². The van der Waals surface area contributed by atoms with Crippen LogP contribution in [-0.2, 0) is 9.53 Å². The zero-order valence-electron chi connectivity index (χ0n) is 10.2. The van der Waals surface area contributed by atoms with Gasteiger partial charge in [-0.25, -0.2) is 0 Å². The smallest absolute Gasteiger partial charge is 0.320 e. The summed E-state index contributed by atoms with van der Waals surface area (Å²) >= 11 is 0. The summed E-state index contributed by atoms with van der Waals surface area (Å²) in [6.45, 7) is 8.30. The van der Waals surface area contributed by atoms with Crippen LogP contribution in [0.5, 0.6) is 0 Å². The number of hydrogen-bond donors (Lipinski definition) is 1. The molecule has 4 heteroatoms. The van der Waals surface area contributed by atoms with Crippen molar-refractivity contribution in [3.05, 3.63) is 0 Å². The summed E-state index contributed by atoms with van der Waals surface area (Å²) in [7, 11) is 0. The van der Waals surface area contributed by atoms with Crippen LogP contribution in [0, 0.1) is 11.8 Å². The van der Waals surface area contributed by atoms with E-state index in [1.54, 1.807) is 0 Å². The van der Waals surface area contributed by atoms with Gasteiger partial charge < -0.3 is 10.1 Å². The molecule has 0 amide bonds. The highest BCUT2D eigenvalue weighted by Gasteiger charge is 2.43. The highest BCUT2D eigenvalue weighted by Crippen LogP contribution is 2.33. The monoisotopic (exact) mass is 226 g/mol. The summed E-state index contributed by atoms with van der Waals surface area (Å²) in [5, 5.41) is 3.44. The molecule has 0 bridgehead atoms. The number of likely N-dealkylation sites (tertiary alicyclic amines) is 1. The minimum Gasteiger partial charge on any atom is -0.465 e. The lowest BCUT2D eigenvalue weighted by atomic mass is 9.93. The molecule has 3 atom stereocenters. The molecule has 2 rings (SSSR count). The average Bonchev–Trinajstić information content (AvgIpc) is 2.77. The number of hydrogen-bond acceptors (Lipinski definition) is 4. The van der Waals surface area contributed by atoms with Gasteiger partial charge in [0.15, 0.2) is 0 Å². The van der Waals surface area contributed by atoms with Gasteiger partial charge in [-0.15, -0.1) is 0 Å². The van der Waals surface area contributed by atoms with Gasteiger partial charge in [0.2, 0.25) is 0 Å². The van der Waals surface area contributed by atoms with Crippen molar-refractivity contribution in [3.8, 4) is 0 Å². The Morgan fingerprint density at radius 3 is 2.94 bits per heavy atom. The van der Waals surface area contributed by atoms with Crippen molar-refractivity contribution in [3.63, 3.8) is 0 Å². The first-order chi connectivity index (χ1) is 7.76. The van der Waals surface area contributed by atoms with E-state index in [0.717, 1.165) is 37.9 Å². The molecule has 0 spiro atoms. The lowest BCUT2D eigenvalue weighted by Crippen LogP contribution is -2.39. The van der Waals surface area contributed by atoms with Crippen molar-refractivity contribution in [1.82, 2.24) is 10.2 Å². The fourth-order valence-electron chi connectivity index (χ4n) is 3.23. The van der Waals surface area contributed by atoms with Crippen LogP contribution in [0.2, 0.25) is 0 Å². The van der Waals surface area contributed by atoms with E-state index in [-0.39, 0.29) is 5.97 Å². The molecule has 92 valence electrons. The molecular weight excluding hydrogens is 204 g/mol. The third-order valence-corrected chi connectivity index (χ3v) is 3.88. The molecule has 0 aromatic rings. The Morgan fingerprint density at radius 1 is 1.44 bits per heavy atom. The van der Waals surface area contributed by atoms with Crippen LogP contribution in [0.4, 0.5) is 0 Å². The summed E-state index contributed by atoms with van der Waals surface area (Å²) < 4.78 is 5.02. The number of esters is 1. The van der Waals surface area contributed by atoms with Crippen LogP contribution in [-0.4, -0.2) is 49.7 Å². The SMILES string of the molecule is CCOC(=O)CN1CC2CNCC2C1CC. The number of rotatable bonds is 4. The number of fused-ring (bicyclic) bond motifs is 1. The van der Waals surface area contributed by atoms with E-state index in [2.05, 4.69) is 17.1 Å². The summed E-state index contributed by atoms with van der Waals surface area (Å²) in [6, 6.07) is 0.560. The Morgan fingerprint density at radius 2 is 2.25 bits per heavy atom. The van der Waals surface area contributed by atoms with Crippen molar-refractivity contribution in [2.45, 2.75) is 26.3 Å². The van der Waals surface area contributed by atoms with Gasteiger partial charge in [0, 0.05) is 12.6 Å². The van der Waals surface area contributed by atoms with E-state index < -0.39 is 0 Å². The van der Waals surface area contributed by atoms with Crippen LogP contribution in [0.15, 0.2) is 0 Å². The number of nitrogens with one attached hydrogen (secondary N) is 1. The molecule has 0 saturated carbocycles. The van der Waals surface area contributed by atoms with E-state index in [9.17, 15) is 4.79 Å². The second kappa shape index (κ2) is 5.15. The van der Waals surface area contributed by atoms with E-state index in [1.165, 1.54) is 0 Å². The maximum atomic E-state index is 11.5. The van der Waals surface area contributed by atoms with Gasteiger partial charge in [-0.1, -0.05) is 6.92 Å². The molecule has 4 nitrogen and oxygen atoms in total. The van der Waals surface area contributed by atoms with Gasteiger partial charge in [-0.3, -0.25) is 9.69 Å². The summed E-state index contributed by atoms with van der Waals surface area (Å²) in [4.78, 5) is 13.8. The minimum atomic E-state index is -0.0751. The van der Waals surface area contributed by atoms with Crippen molar-refractivity contribution in [1.29, 1.82) is 0 Å². The van der Waals surface area contributed by atoms with E-state index in [0.29, 0.717) is 19.2 Å². The molecule has 1 N–H and O–H groups in total. The fourth-order valence-corrected chi connectivity index (χ4v) is 3.23. The standard InChI is InChI=1S/C12H22N2O2/c1-3-11-10-6-13-5-9(10)7-14(11)8-12(15)16-4-2/h9-11,13H,3-8H2,1-2H3. The molecular formula is C12H22N2O2. The summed E-state index contributed by atoms with van der Waals surface area (Å²) in [5.41, 5.74) is 0. The molecule has 2 aliphatic rings. The molecule has 3 unspecified atom stereocenters. The highest BCUT2D eigenvalue weighted by atomic mass is 16.5. The molecule has 0 radical (unpaired) electrons. The molecule has 2 heterocycles. The van der Waals surface area contributed by atoms with Crippen LogP contribution in [0.1, 0.15) is 20.3 Å². The largest absolute Gasteiger partial charge is 0.465 e. The molecule has 0 aliphatic carbocycles. The third-order valence-electron chi connectivity index (χ3n) is 3.88. The Hall–Kier alpha value is -0.610.